The number of aryl methyl sites for hydroxylation is 2. The monoisotopic (exact) mass is 752 g/mol. The zero-order chi connectivity index (χ0) is 39.0. The average Bonchev–Trinajstić information content (AvgIpc) is 3.84. The minimum Gasteiger partial charge on any atom is -0.454 e. The van der Waals surface area contributed by atoms with Gasteiger partial charge in [0.15, 0.2) is 23.1 Å². The normalized spacial score (nSPS) is 11.7. The van der Waals surface area contributed by atoms with Crippen molar-refractivity contribution < 1.29 is 4.42 Å². The van der Waals surface area contributed by atoms with Gasteiger partial charge in [0.25, 0.3) is 0 Å². The Bertz CT molecular complexity index is 3080. The van der Waals surface area contributed by atoms with Crippen LogP contribution in [0.25, 0.3) is 94.7 Å². The summed E-state index contributed by atoms with van der Waals surface area (Å²) in [6, 6.07) is 56.0. The smallest absolute Gasteiger partial charge is 0.164 e. The van der Waals surface area contributed by atoms with Crippen molar-refractivity contribution in [3.63, 3.8) is 0 Å². The van der Waals surface area contributed by atoms with Crippen LogP contribution >= 0.6 is 0 Å². The van der Waals surface area contributed by atoms with Gasteiger partial charge in [-0.05, 0) is 90.4 Å². The summed E-state index contributed by atoms with van der Waals surface area (Å²) in [5, 5.41) is 4.63. The Labute approximate surface area is 338 Å². The molecule has 3 aromatic heterocycles. The van der Waals surface area contributed by atoms with Crippen LogP contribution in [0.1, 0.15) is 50.7 Å². The molecule has 0 saturated carbocycles. The van der Waals surface area contributed by atoms with Crippen LogP contribution < -0.4 is 0 Å². The number of aromatic nitrogens is 4. The van der Waals surface area contributed by atoms with Crippen molar-refractivity contribution in [2.24, 2.45) is 0 Å². The third-order valence-corrected chi connectivity index (χ3v) is 11.4. The van der Waals surface area contributed by atoms with Crippen LogP contribution in [0.3, 0.4) is 0 Å². The van der Waals surface area contributed by atoms with Crippen LogP contribution in [-0.4, -0.2) is 19.5 Å². The van der Waals surface area contributed by atoms with Crippen LogP contribution in [0.2, 0.25) is 0 Å². The van der Waals surface area contributed by atoms with Crippen LogP contribution in [-0.2, 0) is 12.8 Å². The number of nitrogens with zero attached hydrogens (tertiary/aromatic N) is 4. The number of hydrogen-bond donors (Lipinski definition) is 0. The summed E-state index contributed by atoms with van der Waals surface area (Å²) < 4.78 is 9.11. The molecule has 5 heteroatoms. The fourth-order valence-electron chi connectivity index (χ4n) is 8.35. The molecule has 0 bridgehead atoms. The summed E-state index contributed by atoms with van der Waals surface area (Å²) in [5.41, 5.74) is 12.8. The van der Waals surface area contributed by atoms with Crippen molar-refractivity contribution >= 4 is 43.7 Å². The first-order valence-corrected chi connectivity index (χ1v) is 20.6. The summed E-state index contributed by atoms with van der Waals surface area (Å²) in [5.74, 6) is 1.89. The second kappa shape index (κ2) is 15.2. The molecule has 0 unspecified atom stereocenters. The van der Waals surface area contributed by atoms with E-state index in [1.54, 1.807) is 0 Å². The van der Waals surface area contributed by atoms with E-state index in [1.165, 1.54) is 47.8 Å². The first kappa shape index (κ1) is 35.6. The average molecular weight is 753 g/mol. The summed E-state index contributed by atoms with van der Waals surface area (Å²) in [4.78, 5) is 15.4. The Morgan fingerprint density at radius 2 is 1.07 bits per heavy atom. The molecule has 0 aliphatic heterocycles. The summed E-state index contributed by atoms with van der Waals surface area (Å²) in [7, 11) is 0. The van der Waals surface area contributed by atoms with Gasteiger partial charge in [-0.2, -0.15) is 0 Å². The highest BCUT2D eigenvalue weighted by Gasteiger charge is 2.20. The van der Waals surface area contributed by atoms with E-state index in [9.17, 15) is 0 Å². The molecule has 0 aliphatic rings. The van der Waals surface area contributed by atoms with Crippen molar-refractivity contribution in [1.82, 2.24) is 19.5 Å². The Hall–Kier alpha value is -6.85. The SMILES string of the molecule is CCCCc1ccc(-c2cccc(-c3nc(-c4ccccc4)nc(-c4cccc(-n5c6ccccc6c6ccc7c8cc(CCCC)ccc8oc7c65)c4)n3)c2)cc1. The van der Waals surface area contributed by atoms with E-state index >= 15 is 0 Å². The van der Waals surface area contributed by atoms with Gasteiger partial charge in [0.05, 0.1) is 11.0 Å². The van der Waals surface area contributed by atoms with Crippen molar-refractivity contribution in [3.05, 3.63) is 169 Å². The lowest BCUT2D eigenvalue weighted by atomic mass is 10.00. The van der Waals surface area contributed by atoms with E-state index in [4.69, 9.17) is 19.4 Å². The second-order valence-corrected chi connectivity index (χ2v) is 15.3. The predicted molar refractivity (Wildman–Crippen MR) is 240 cm³/mol. The van der Waals surface area contributed by atoms with Gasteiger partial charge in [-0.1, -0.05) is 142 Å². The molecule has 0 radical (unpaired) electrons. The first-order valence-electron chi connectivity index (χ1n) is 20.6. The standard InChI is InChI=1S/C53H44N4O/c1-3-5-14-35-24-27-37(28-25-35)39-18-12-19-40(33-39)52-54-51(38-16-8-7-9-17-38)55-53(56-52)41-20-13-21-42(34-41)57-47-23-11-10-22-43(47)44-29-30-45-46-32-36(15-6-4-2)26-31-48(46)58-50(45)49(44)57/h7-13,16-34H,3-6,14-15H2,1-2H3. The Morgan fingerprint density at radius 3 is 1.84 bits per heavy atom. The van der Waals surface area contributed by atoms with Crippen LogP contribution in [0, 0.1) is 0 Å². The third-order valence-electron chi connectivity index (χ3n) is 11.4. The van der Waals surface area contributed by atoms with Gasteiger partial charge in [0.2, 0.25) is 0 Å². The number of hydrogen-bond acceptors (Lipinski definition) is 4. The van der Waals surface area contributed by atoms with Crippen LogP contribution in [0.5, 0.6) is 0 Å². The number of fused-ring (bicyclic) bond motifs is 7. The second-order valence-electron chi connectivity index (χ2n) is 15.3. The molecule has 7 aromatic carbocycles. The fourth-order valence-corrected chi connectivity index (χ4v) is 8.35. The fraction of sp³-hybridized carbons (Fsp3) is 0.151. The molecular formula is C53H44N4O. The molecule has 0 fully saturated rings. The molecule has 0 saturated heterocycles. The number of benzene rings is 7. The Morgan fingerprint density at radius 1 is 0.448 bits per heavy atom. The van der Waals surface area contributed by atoms with E-state index in [0.29, 0.717) is 17.5 Å². The maximum atomic E-state index is 6.77. The summed E-state index contributed by atoms with van der Waals surface area (Å²) in [6.45, 7) is 4.48. The molecule has 10 aromatic rings. The Balaban J connectivity index is 1.12. The zero-order valence-corrected chi connectivity index (χ0v) is 33.0. The predicted octanol–water partition coefficient (Wildman–Crippen LogP) is 14.2. The molecule has 3 heterocycles. The molecule has 0 spiro atoms. The van der Waals surface area contributed by atoms with Crippen LogP contribution in [0.15, 0.2) is 162 Å². The molecule has 58 heavy (non-hydrogen) atoms. The van der Waals surface area contributed by atoms with E-state index < -0.39 is 0 Å². The molecule has 0 aliphatic carbocycles. The molecule has 0 N–H and O–H groups in total. The molecular weight excluding hydrogens is 709 g/mol. The van der Waals surface area contributed by atoms with Gasteiger partial charge in [-0.3, -0.25) is 0 Å². The van der Waals surface area contributed by atoms with Gasteiger partial charge in [-0.15, -0.1) is 0 Å². The lowest BCUT2D eigenvalue weighted by Gasteiger charge is -2.12. The third kappa shape index (κ3) is 6.53. The van der Waals surface area contributed by atoms with Gasteiger partial charge in [-0.25, -0.2) is 15.0 Å². The quantitative estimate of drug-likeness (QED) is 0.132. The number of rotatable bonds is 11. The van der Waals surface area contributed by atoms with Crippen molar-refractivity contribution in [3.8, 4) is 51.0 Å². The minimum atomic E-state index is 0.616. The summed E-state index contributed by atoms with van der Waals surface area (Å²) in [6.07, 6.45) is 6.91. The van der Waals surface area contributed by atoms with Gasteiger partial charge in [0.1, 0.15) is 5.58 Å². The highest BCUT2D eigenvalue weighted by atomic mass is 16.3. The minimum absolute atomic E-state index is 0.616. The lowest BCUT2D eigenvalue weighted by molar-refractivity contribution is 0.670. The molecule has 10 rings (SSSR count). The molecule has 0 amide bonds. The topological polar surface area (TPSA) is 56.7 Å². The molecule has 5 nitrogen and oxygen atoms in total. The molecule has 282 valence electrons. The van der Waals surface area contributed by atoms with Crippen molar-refractivity contribution in [1.29, 1.82) is 0 Å². The van der Waals surface area contributed by atoms with Crippen LogP contribution in [0.4, 0.5) is 0 Å². The lowest BCUT2D eigenvalue weighted by Crippen LogP contribution is -2.01. The highest BCUT2D eigenvalue weighted by Crippen LogP contribution is 2.41. The Kier molecular flexibility index (Phi) is 9.34. The largest absolute Gasteiger partial charge is 0.454 e. The van der Waals surface area contributed by atoms with E-state index in [2.05, 4.69) is 158 Å². The van der Waals surface area contributed by atoms with E-state index in [0.717, 1.165) is 79.1 Å². The van der Waals surface area contributed by atoms with E-state index in [1.807, 2.05) is 18.2 Å². The van der Waals surface area contributed by atoms with Gasteiger partial charge < -0.3 is 8.98 Å². The number of unbranched alkanes of at least 4 members (excludes halogenated alkanes) is 2. The highest BCUT2D eigenvalue weighted by molar-refractivity contribution is 6.21. The molecule has 0 atom stereocenters. The van der Waals surface area contributed by atoms with Crippen molar-refractivity contribution in [2.45, 2.75) is 52.4 Å². The number of furan rings is 1. The number of para-hydroxylation sites is 1. The van der Waals surface area contributed by atoms with Gasteiger partial charge in [0, 0.05) is 43.9 Å². The van der Waals surface area contributed by atoms with Crippen molar-refractivity contribution in [2.75, 3.05) is 0 Å². The zero-order valence-electron chi connectivity index (χ0n) is 33.0. The maximum absolute atomic E-state index is 6.77. The van der Waals surface area contributed by atoms with Gasteiger partial charge >= 0.3 is 0 Å². The summed E-state index contributed by atoms with van der Waals surface area (Å²) >= 11 is 0. The van der Waals surface area contributed by atoms with E-state index in [-0.39, 0.29) is 0 Å². The first-order chi connectivity index (χ1) is 28.6. The maximum Gasteiger partial charge on any atom is 0.164 e.